The molecule has 1 fully saturated rings. The minimum Gasteiger partial charge on any atom is -0.397 e. The molecule has 0 saturated carbocycles. The van der Waals surface area contributed by atoms with E-state index >= 15 is 0 Å². The Bertz CT molecular complexity index is 994. The van der Waals surface area contributed by atoms with Crippen molar-refractivity contribution >= 4 is 28.5 Å². The Morgan fingerprint density at radius 1 is 1.24 bits per heavy atom. The van der Waals surface area contributed by atoms with Gasteiger partial charge in [0.05, 0.1) is 43.6 Å². The zero-order chi connectivity index (χ0) is 20.3. The van der Waals surface area contributed by atoms with E-state index in [1.165, 1.54) is 55.5 Å². The standard InChI is InChI=1S/C22H28N6O/c1-28(13-5-2-6-14-28)15-7-11-24-22-21(20-8-3-4-12-27(20)26-22)25-19-10-9-17(29)16-18(19)23/h3-4,8-10,12,16H,2,5-7,11,13-15H2,1H3,(H2-,23,24,26,29)/p+1. The van der Waals surface area contributed by atoms with Gasteiger partial charge in [-0.3, -0.25) is 4.79 Å². The molecule has 0 amide bonds. The third-order valence-corrected chi connectivity index (χ3v) is 5.81. The number of nitrogens with one attached hydrogen (secondary N) is 1. The fourth-order valence-electron chi connectivity index (χ4n) is 4.14. The fourth-order valence-corrected chi connectivity index (χ4v) is 4.14. The van der Waals surface area contributed by atoms with Crippen LogP contribution >= 0.6 is 0 Å². The molecule has 4 rings (SSSR count). The van der Waals surface area contributed by atoms with Crippen molar-refractivity contribution in [2.24, 2.45) is 10.7 Å². The smallest absolute Gasteiger partial charge is 0.180 e. The number of carbonyl (C=O) groups is 1. The monoisotopic (exact) mass is 393 g/mol. The van der Waals surface area contributed by atoms with Crippen molar-refractivity contribution in [3.05, 3.63) is 48.3 Å². The molecule has 3 heterocycles. The largest absolute Gasteiger partial charge is 0.397 e. The summed E-state index contributed by atoms with van der Waals surface area (Å²) >= 11 is 0. The molecule has 2 aromatic heterocycles. The first-order valence-electron chi connectivity index (χ1n) is 10.4. The third kappa shape index (κ3) is 4.40. The van der Waals surface area contributed by atoms with Gasteiger partial charge in [-0.05, 0) is 43.5 Å². The highest BCUT2D eigenvalue weighted by Gasteiger charge is 2.24. The Kier molecular flexibility index (Phi) is 5.49. The van der Waals surface area contributed by atoms with Gasteiger partial charge >= 0.3 is 0 Å². The van der Waals surface area contributed by atoms with Crippen LogP contribution in [0, 0.1) is 0 Å². The number of hydrogen-bond acceptors (Lipinski definition) is 5. The van der Waals surface area contributed by atoms with Crippen LogP contribution in [0.5, 0.6) is 0 Å². The molecule has 29 heavy (non-hydrogen) atoms. The van der Waals surface area contributed by atoms with Gasteiger partial charge in [0.1, 0.15) is 5.69 Å². The number of ketones is 1. The number of nitrogens with two attached hydrogens (primary N) is 1. The molecule has 2 aromatic rings. The van der Waals surface area contributed by atoms with Gasteiger partial charge in [-0.1, -0.05) is 6.07 Å². The summed E-state index contributed by atoms with van der Waals surface area (Å²) in [4.78, 5) is 16.2. The Balaban J connectivity index is 1.52. The van der Waals surface area contributed by atoms with Crippen molar-refractivity contribution in [1.82, 2.24) is 9.61 Å². The number of allylic oxidation sites excluding steroid dienone is 3. The van der Waals surface area contributed by atoms with Crippen LogP contribution in [-0.2, 0) is 4.79 Å². The highest BCUT2D eigenvalue weighted by molar-refractivity contribution is 6.20. The molecular weight excluding hydrogens is 364 g/mol. The van der Waals surface area contributed by atoms with Gasteiger partial charge in [-0.25, -0.2) is 9.51 Å². The third-order valence-electron chi connectivity index (χ3n) is 5.81. The number of likely N-dealkylation sites (tertiary alicyclic amines) is 1. The van der Waals surface area contributed by atoms with Crippen molar-refractivity contribution in [2.75, 3.05) is 38.5 Å². The molecule has 7 nitrogen and oxygen atoms in total. The van der Waals surface area contributed by atoms with E-state index in [1.807, 2.05) is 28.9 Å². The van der Waals surface area contributed by atoms with Gasteiger partial charge in [0.2, 0.25) is 0 Å². The summed E-state index contributed by atoms with van der Waals surface area (Å²) < 4.78 is 2.99. The van der Waals surface area contributed by atoms with Crippen LogP contribution in [0.1, 0.15) is 25.7 Å². The zero-order valence-corrected chi connectivity index (χ0v) is 17.0. The van der Waals surface area contributed by atoms with Crippen molar-refractivity contribution < 1.29 is 9.28 Å². The first-order chi connectivity index (χ1) is 14.0. The van der Waals surface area contributed by atoms with Crippen molar-refractivity contribution in [2.45, 2.75) is 25.7 Å². The van der Waals surface area contributed by atoms with Crippen LogP contribution < -0.4 is 11.1 Å². The lowest BCUT2D eigenvalue weighted by Gasteiger charge is -2.37. The summed E-state index contributed by atoms with van der Waals surface area (Å²) in [6, 6.07) is 5.88. The van der Waals surface area contributed by atoms with E-state index in [0.29, 0.717) is 11.4 Å². The summed E-state index contributed by atoms with van der Waals surface area (Å²) in [7, 11) is 2.37. The van der Waals surface area contributed by atoms with Crippen molar-refractivity contribution in [3.63, 3.8) is 0 Å². The molecule has 0 bridgehead atoms. The number of nitrogens with zero attached hydrogens (tertiary/aromatic N) is 4. The number of rotatable bonds is 6. The van der Waals surface area contributed by atoms with E-state index < -0.39 is 0 Å². The quantitative estimate of drug-likeness (QED) is 0.449. The molecule has 0 atom stereocenters. The lowest BCUT2D eigenvalue weighted by molar-refractivity contribution is -0.914. The lowest BCUT2D eigenvalue weighted by atomic mass is 10.1. The van der Waals surface area contributed by atoms with Crippen LogP contribution in [0.15, 0.2) is 53.3 Å². The molecule has 0 unspecified atom stereocenters. The number of pyridine rings is 1. The summed E-state index contributed by atoms with van der Waals surface area (Å²) in [6.45, 7) is 4.58. The topological polar surface area (TPSA) is 84.8 Å². The maximum absolute atomic E-state index is 11.5. The minimum absolute atomic E-state index is 0.117. The second kappa shape index (κ2) is 8.21. The number of aliphatic imine (C=N–C) groups is 1. The molecule has 0 aromatic carbocycles. The first-order valence-corrected chi connectivity index (χ1v) is 10.4. The van der Waals surface area contributed by atoms with Gasteiger partial charge in [0.25, 0.3) is 0 Å². The van der Waals surface area contributed by atoms with E-state index in [2.05, 4.69) is 17.5 Å². The van der Waals surface area contributed by atoms with Crippen LogP contribution in [0.3, 0.4) is 0 Å². The summed E-state index contributed by atoms with van der Waals surface area (Å²) in [6.07, 6.45) is 11.6. The van der Waals surface area contributed by atoms with E-state index in [0.717, 1.165) is 30.0 Å². The molecule has 1 aliphatic carbocycles. The van der Waals surface area contributed by atoms with Gasteiger partial charge in [-0.15, -0.1) is 5.10 Å². The van der Waals surface area contributed by atoms with Gasteiger partial charge in [0, 0.05) is 25.2 Å². The normalized spacial score (nSPS) is 20.2. The lowest BCUT2D eigenvalue weighted by Crippen LogP contribution is -2.48. The molecular formula is C22H29N6O+. The average Bonchev–Trinajstić information content (AvgIpc) is 3.05. The SMILES string of the molecule is C[N+]1(CCCNc2nn3ccccc3c2N=C2C=CC(=O)C=C2N)CCCCC1. The predicted molar refractivity (Wildman–Crippen MR) is 116 cm³/mol. The number of aromatic nitrogens is 2. The molecule has 1 saturated heterocycles. The van der Waals surface area contributed by atoms with E-state index in [-0.39, 0.29) is 5.78 Å². The molecule has 1 aliphatic heterocycles. The average molecular weight is 394 g/mol. The number of fused-ring (bicyclic) bond motifs is 1. The summed E-state index contributed by atoms with van der Waals surface area (Å²) in [5.41, 5.74) is 8.61. The zero-order valence-electron chi connectivity index (χ0n) is 17.0. The molecule has 7 heteroatoms. The van der Waals surface area contributed by atoms with Crippen LogP contribution in [-0.4, -0.2) is 58.8 Å². The second-order valence-corrected chi connectivity index (χ2v) is 8.19. The number of carbonyl (C=O) groups excluding carboxylic acids is 1. The second-order valence-electron chi connectivity index (χ2n) is 8.19. The van der Waals surface area contributed by atoms with E-state index in [4.69, 9.17) is 10.7 Å². The maximum Gasteiger partial charge on any atom is 0.180 e. The maximum atomic E-state index is 11.5. The molecule has 152 valence electrons. The molecule has 2 aliphatic rings. The summed E-state index contributed by atoms with van der Waals surface area (Å²) in [5.74, 6) is 0.622. The predicted octanol–water partition coefficient (Wildman–Crippen LogP) is 2.82. The number of anilines is 1. The molecule has 0 radical (unpaired) electrons. The minimum atomic E-state index is -0.117. The Morgan fingerprint density at radius 3 is 2.86 bits per heavy atom. The van der Waals surface area contributed by atoms with E-state index in [1.54, 1.807) is 6.08 Å². The van der Waals surface area contributed by atoms with Crippen LogP contribution in [0.2, 0.25) is 0 Å². The number of hydrogen-bond donors (Lipinski definition) is 2. The fraction of sp³-hybridized carbons (Fsp3) is 0.409. The van der Waals surface area contributed by atoms with Crippen molar-refractivity contribution in [1.29, 1.82) is 0 Å². The molecule has 3 N–H and O–H groups in total. The number of quaternary nitrogens is 1. The Labute approximate surface area is 171 Å². The highest BCUT2D eigenvalue weighted by atomic mass is 16.1. The first kappa shape index (κ1) is 19.4. The summed E-state index contributed by atoms with van der Waals surface area (Å²) in [5, 5.41) is 8.13. The highest BCUT2D eigenvalue weighted by Crippen LogP contribution is 2.30. The number of piperidine rings is 1. The van der Waals surface area contributed by atoms with Crippen LogP contribution in [0.25, 0.3) is 5.52 Å². The van der Waals surface area contributed by atoms with Gasteiger partial charge in [0.15, 0.2) is 11.6 Å². The van der Waals surface area contributed by atoms with E-state index in [9.17, 15) is 4.79 Å². The Morgan fingerprint density at radius 2 is 2.07 bits per heavy atom. The van der Waals surface area contributed by atoms with Gasteiger partial charge in [-0.2, -0.15) is 0 Å². The molecule has 0 spiro atoms. The Hall–Kier alpha value is -2.93. The van der Waals surface area contributed by atoms with Crippen LogP contribution in [0.4, 0.5) is 11.5 Å². The van der Waals surface area contributed by atoms with Crippen molar-refractivity contribution in [3.8, 4) is 0 Å². The van der Waals surface area contributed by atoms with Gasteiger partial charge < -0.3 is 15.5 Å².